The summed E-state index contributed by atoms with van der Waals surface area (Å²) in [5.41, 5.74) is 0.491. The van der Waals surface area contributed by atoms with Crippen molar-refractivity contribution in [3.8, 4) is 0 Å². The molecule has 0 unspecified atom stereocenters. The van der Waals surface area contributed by atoms with E-state index in [1.165, 1.54) is 0 Å². The molecule has 2 aromatic rings. The second-order valence-corrected chi connectivity index (χ2v) is 3.32. The van der Waals surface area contributed by atoms with E-state index in [0.29, 0.717) is 5.52 Å². The van der Waals surface area contributed by atoms with Gasteiger partial charge in [-0.25, -0.2) is 9.59 Å². The monoisotopic (exact) mass is 211 g/mol. The van der Waals surface area contributed by atoms with Crippen LogP contribution in [0.3, 0.4) is 0 Å². The number of halogens is 1. The maximum Gasteiger partial charge on any atom is 0.419 e. The van der Waals surface area contributed by atoms with Crippen molar-refractivity contribution >= 4 is 22.5 Å². The van der Waals surface area contributed by atoms with Crippen LogP contribution in [0.5, 0.6) is 0 Å². The molecule has 1 N–H and O–H groups in total. The molecule has 0 aliphatic rings. The lowest BCUT2D eigenvalue weighted by Crippen LogP contribution is -2.15. The van der Waals surface area contributed by atoms with Gasteiger partial charge in [-0.3, -0.25) is 4.98 Å². The van der Waals surface area contributed by atoms with E-state index in [0.717, 1.165) is 5.56 Å². The molecule has 5 heteroatoms. The molecule has 1 aromatic carbocycles. The summed E-state index contributed by atoms with van der Waals surface area (Å²) in [6.45, 7) is 1.77. The molecular weight excluding hydrogens is 206 g/mol. The number of benzene rings is 1. The molecule has 0 saturated carbocycles. The maximum atomic E-state index is 11.3. The van der Waals surface area contributed by atoms with Gasteiger partial charge in [-0.15, -0.1) is 0 Å². The van der Waals surface area contributed by atoms with Crippen molar-refractivity contribution in [3.63, 3.8) is 0 Å². The zero-order valence-electron chi connectivity index (χ0n) is 7.26. The molecule has 4 nitrogen and oxygen atoms in total. The first-order valence-corrected chi connectivity index (χ1v) is 4.29. The summed E-state index contributed by atoms with van der Waals surface area (Å²) in [5, 5.41) is 0.488. The molecule has 14 heavy (non-hydrogen) atoms. The molecule has 1 aromatic heterocycles. The SMILES string of the molecule is Cc1ccc(Cl)c2c(=O)oc(=O)[nH]c12. The Balaban J connectivity index is 3.16. The van der Waals surface area contributed by atoms with E-state index in [1.54, 1.807) is 19.1 Å². The lowest BCUT2D eigenvalue weighted by Gasteiger charge is -2.00. The van der Waals surface area contributed by atoms with E-state index < -0.39 is 11.4 Å². The maximum absolute atomic E-state index is 11.3. The fraction of sp³-hybridized carbons (Fsp3) is 0.111. The van der Waals surface area contributed by atoms with E-state index in [2.05, 4.69) is 9.40 Å². The van der Waals surface area contributed by atoms with Gasteiger partial charge in [0, 0.05) is 0 Å². The molecule has 0 aliphatic carbocycles. The number of hydrogen-bond donors (Lipinski definition) is 1. The standard InChI is InChI=1S/C9H6ClNO3/c1-4-2-3-5(10)6-7(4)11-9(13)14-8(6)12/h2-3H,1H3,(H,11,13). The van der Waals surface area contributed by atoms with Gasteiger partial charge in [-0.2, -0.15) is 0 Å². The predicted molar refractivity (Wildman–Crippen MR) is 52.9 cm³/mol. The zero-order chi connectivity index (χ0) is 10.3. The molecule has 0 bridgehead atoms. The van der Waals surface area contributed by atoms with Crippen molar-refractivity contribution in [1.82, 2.24) is 4.98 Å². The highest BCUT2D eigenvalue weighted by Crippen LogP contribution is 2.20. The Morgan fingerprint density at radius 3 is 2.79 bits per heavy atom. The number of rotatable bonds is 0. The normalized spacial score (nSPS) is 10.7. The van der Waals surface area contributed by atoms with Crippen LogP contribution in [0.25, 0.3) is 10.9 Å². The smallest absolute Gasteiger partial charge is 0.372 e. The molecule has 1 heterocycles. The van der Waals surface area contributed by atoms with Crippen LogP contribution >= 0.6 is 11.6 Å². The Hall–Kier alpha value is -1.55. The number of aromatic nitrogens is 1. The van der Waals surface area contributed by atoms with Crippen LogP contribution in [0.1, 0.15) is 5.56 Å². The van der Waals surface area contributed by atoms with Gasteiger partial charge in [-0.1, -0.05) is 17.7 Å². The summed E-state index contributed by atoms with van der Waals surface area (Å²) in [6, 6.07) is 3.31. The minimum Gasteiger partial charge on any atom is -0.372 e. The first-order chi connectivity index (χ1) is 6.59. The summed E-state index contributed by atoms with van der Waals surface area (Å²) < 4.78 is 4.38. The second kappa shape index (κ2) is 2.99. The fourth-order valence-electron chi connectivity index (χ4n) is 1.30. The van der Waals surface area contributed by atoms with Crippen LogP contribution in [0.15, 0.2) is 26.1 Å². The summed E-state index contributed by atoms with van der Waals surface area (Å²) in [6.07, 6.45) is 0. The van der Waals surface area contributed by atoms with Gasteiger partial charge in [0.25, 0.3) is 0 Å². The van der Waals surface area contributed by atoms with E-state index in [-0.39, 0.29) is 10.4 Å². The van der Waals surface area contributed by atoms with Crippen molar-refractivity contribution in [2.45, 2.75) is 6.92 Å². The largest absolute Gasteiger partial charge is 0.419 e. The molecule has 72 valence electrons. The highest BCUT2D eigenvalue weighted by Gasteiger charge is 2.08. The first kappa shape index (κ1) is 9.02. The van der Waals surface area contributed by atoms with Gasteiger partial charge in [0.05, 0.1) is 10.5 Å². The van der Waals surface area contributed by atoms with Crippen LogP contribution in [0, 0.1) is 6.92 Å². The lowest BCUT2D eigenvalue weighted by atomic mass is 10.1. The molecule has 0 aliphatic heterocycles. The van der Waals surface area contributed by atoms with E-state index >= 15 is 0 Å². The highest BCUT2D eigenvalue weighted by atomic mass is 35.5. The molecular formula is C9H6ClNO3. The van der Waals surface area contributed by atoms with Gasteiger partial charge in [0.1, 0.15) is 5.39 Å². The first-order valence-electron chi connectivity index (χ1n) is 3.92. The fourth-order valence-corrected chi connectivity index (χ4v) is 1.54. The third kappa shape index (κ3) is 1.24. The van der Waals surface area contributed by atoms with Crippen molar-refractivity contribution < 1.29 is 4.42 Å². The van der Waals surface area contributed by atoms with Gasteiger partial charge < -0.3 is 4.42 Å². The Kier molecular flexibility index (Phi) is 1.93. The van der Waals surface area contributed by atoms with Gasteiger partial charge in [0.15, 0.2) is 0 Å². The minimum absolute atomic E-state index is 0.214. The van der Waals surface area contributed by atoms with E-state index in [1.807, 2.05) is 0 Å². The Morgan fingerprint density at radius 2 is 2.07 bits per heavy atom. The van der Waals surface area contributed by atoms with Crippen LogP contribution in [-0.4, -0.2) is 4.98 Å². The van der Waals surface area contributed by atoms with Crippen molar-refractivity contribution in [3.05, 3.63) is 43.7 Å². The molecule has 0 spiro atoms. The van der Waals surface area contributed by atoms with Crippen molar-refractivity contribution in [1.29, 1.82) is 0 Å². The number of H-pyrrole nitrogens is 1. The van der Waals surface area contributed by atoms with Crippen LogP contribution in [0.4, 0.5) is 0 Å². The quantitative estimate of drug-likeness (QED) is 0.717. The van der Waals surface area contributed by atoms with Crippen molar-refractivity contribution in [2.24, 2.45) is 0 Å². The van der Waals surface area contributed by atoms with Gasteiger partial charge in [0.2, 0.25) is 0 Å². The Morgan fingerprint density at radius 1 is 1.36 bits per heavy atom. The number of aromatic amines is 1. The van der Waals surface area contributed by atoms with E-state index in [9.17, 15) is 9.59 Å². The predicted octanol–water partition coefficient (Wildman–Crippen LogP) is 1.44. The lowest BCUT2D eigenvalue weighted by molar-refractivity contribution is 0.460. The number of nitrogens with one attached hydrogen (secondary N) is 1. The minimum atomic E-state index is -0.770. The molecule has 2 rings (SSSR count). The summed E-state index contributed by atoms with van der Waals surface area (Å²) in [4.78, 5) is 24.6. The molecule has 0 amide bonds. The Labute approximate surface area is 83.1 Å². The summed E-state index contributed by atoms with van der Waals surface area (Å²) >= 11 is 5.80. The van der Waals surface area contributed by atoms with Crippen molar-refractivity contribution in [2.75, 3.05) is 0 Å². The van der Waals surface area contributed by atoms with Crippen LogP contribution < -0.4 is 11.4 Å². The zero-order valence-corrected chi connectivity index (χ0v) is 8.01. The summed E-state index contributed by atoms with van der Waals surface area (Å²) in [5.74, 6) is -0.770. The molecule has 0 radical (unpaired) electrons. The van der Waals surface area contributed by atoms with Gasteiger partial charge >= 0.3 is 11.4 Å². The average molecular weight is 212 g/mol. The molecule has 0 saturated heterocycles. The van der Waals surface area contributed by atoms with E-state index in [4.69, 9.17) is 11.6 Å². The third-order valence-corrected chi connectivity index (χ3v) is 2.29. The molecule has 0 fully saturated rings. The van der Waals surface area contributed by atoms with Crippen LogP contribution in [0.2, 0.25) is 5.02 Å². The van der Waals surface area contributed by atoms with Gasteiger partial charge in [-0.05, 0) is 18.6 Å². The number of hydrogen-bond acceptors (Lipinski definition) is 3. The third-order valence-electron chi connectivity index (χ3n) is 1.98. The highest BCUT2D eigenvalue weighted by molar-refractivity contribution is 6.35. The number of aryl methyl sites for hydroxylation is 1. The second-order valence-electron chi connectivity index (χ2n) is 2.92. The van der Waals surface area contributed by atoms with Crippen LogP contribution in [-0.2, 0) is 0 Å². The Bertz CT molecular complexity index is 611. The summed E-state index contributed by atoms with van der Waals surface area (Å²) in [7, 11) is 0. The number of fused-ring (bicyclic) bond motifs is 1. The topological polar surface area (TPSA) is 63.1 Å². The average Bonchev–Trinajstić information content (AvgIpc) is 2.10. The molecule has 0 atom stereocenters.